The SMILES string of the molecule is COc1ccccc1-c1nn(Cc2ccccc2)cc1C(=O)N(C)CC(=O)Nc1cccc(F)c1. The van der Waals surface area contributed by atoms with Crippen molar-refractivity contribution in [1.82, 2.24) is 14.7 Å². The van der Waals surface area contributed by atoms with Gasteiger partial charge in [-0.2, -0.15) is 5.10 Å². The minimum Gasteiger partial charge on any atom is -0.496 e. The number of para-hydroxylation sites is 1. The van der Waals surface area contributed by atoms with E-state index in [2.05, 4.69) is 5.32 Å². The molecule has 0 aliphatic carbocycles. The number of carbonyl (C=O) groups excluding carboxylic acids is 2. The maximum Gasteiger partial charge on any atom is 0.257 e. The van der Waals surface area contributed by atoms with E-state index in [-0.39, 0.29) is 12.5 Å². The highest BCUT2D eigenvalue weighted by molar-refractivity contribution is 6.03. The second kappa shape index (κ2) is 10.6. The summed E-state index contributed by atoms with van der Waals surface area (Å²) in [6.07, 6.45) is 1.68. The lowest BCUT2D eigenvalue weighted by molar-refractivity contribution is -0.116. The van der Waals surface area contributed by atoms with Crippen LogP contribution in [0.2, 0.25) is 0 Å². The number of hydrogen-bond donors (Lipinski definition) is 1. The molecule has 4 rings (SSSR count). The van der Waals surface area contributed by atoms with Crippen molar-refractivity contribution in [3.05, 3.63) is 102 Å². The van der Waals surface area contributed by atoms with Crippen molar-refractivity contribution < 1.29 is 18.7 Å². The third-order valence-electron chi connectivity index (χ3n) is 5.38. The van der Waals surface area contributed by atoms with E-state index >= 15 is 0 Å². The highest BCUT2D eigenvalue weighted by Gasteiger charge is 2.24. The molecule has 0 fully saturated rings. The highest BCUT2D eigenvalue weighted by atomic mass is 19.1. The number of likely N-dealkylation sites (N-methyl/N-ethyl adjacent to an activating group) is 1. The number of ether oxygens (including phenoxy) is 1. The first kappa shape index (κ1) is 23.7. The lowest BCUT2D eigenvalue weighted by Crippen LogP contribution is -2.35. The third kappa shape index (κ3) is 5.73. The smallest absolute Gasteiger partial charge is 0.257 e. The van der Waals surface area contributed by atoms with Crippen LogP contribution in [-0.4, -0.2) is 47.2 Å². The summed E-state index contributed by atoms with van der Waals surface area (Å²) in [5.74, 6) is -0.695. The first-order valence-corrected chi connectivity index (χ1v) is 11.0. The Kier molecular flexibility index (Phi) is 7.21. The molecule has 1 heterocycles. The summed E-state index contributed by atoms with van der Waals surface area (Å²) in [6, 6.07) is 22.7. The van der Waals surface area contributed by atoms with E-state index in [1.54, 1.807) is 30.1 Å². The van der Waals surface area contributed by atoms with E-state index < -0.39 is 11.7 Å². The summed E-state index contributed by atoms with van der Waals surface area (Å²) < 4.78 is 20.6. The van der Waals surface area contributed by atoms with Gasteiger partial charge in [-0.15, -0.1) is 0 Å². The number of amides is 2. The van der Waals surface area contributed by atoms with Gasteiger partial charge in [0.25, 0.3) is 5.91 Å². The molecule has 0 saturated heterocycles. The normalized spacial score (nSPS) is 10.6. The third-order valence-corrected chi connectivity index (χ3v) is 5.38. The lowest BCUT2D eigenvalue weighted by atomic mass is 10.1. The van der Waals surface area contributed by atoms with E-state index in [1.165, 1.54) is 30.1 Å². The molecule has 0 bridgehead atoms. The van der Waals surface area contributed by atoms with Crippen molar-refractivity contribution in [2.24, 2.45) is 0 Å². The van der Waals surface area contributed by atoms with Crippen molar-refractivity contribution in [1.29, 1.82) is 0 Å². The van der Waals surface area contributed by atoms with Crippen LogP contribution >= 0.6 is 0 Å². The first-order valence-electron chi connectivity index (χ1n) is 11.0. The van der Waals surface area contributed by atoms with E-state index in [4.69, 9.17) is 9.84 Å². The molecule has 3 aromatic carbocycles. The largest absolute Gasteiger partial charge is 0.496 e. The number of aromatic nitrogens is 2. The van der Waals surface area contributed by atoms with Crippen LogP contribution in [0.4, 0.5) is 10.1 Å². The summed E-state index contributed by atoms with van der Waals surface area (Å²) in [7, 11) is 3.10. The molecule has 0 spiro atoms. The fourth-order valence-electron chi connectivity index (χ4n) is 3.73. The molecule has 1 aromatic heterocycles. The molecule has 8 heteroatoms. The molecule has 0 saturated carbocycles. The Morgan fingerprint density at radius 2 is 1.77 bits per heavy atom. The van der Waals surface area contributed by atoms with Gasteiger partial charge in [-0.3, -0.25) is 14.3 Å². The van der Waals surface area contributed by atoms with Crippen LogP contribution in [0.3, 0.4) is 0 Å². The number of benzene rings is 3. The summed E-state index contributed by atoms with van der Waals surface area (Å²) in [6.45, 7) is 0.255. The number of hydrogen-bond acceptors (Lipinski definition) is 4. The summed E-state index contributed by atoms with van der Waals surface area (Å²) in [4.78, 5) is 27.2. The molecule has 0 aliphatic rings. The molecular formula is C27H25FN4O3. The van der Waals surface area contributed by atoms with Gasteiger partial charge in [-0.05, 0) is 35.9 Å². The molecule has 35 heavy (non-hydrogen) atoms. The first-order chi connectivity index (χ1) is 16.9. The average molecular weight is 473 g/mol. The Bertz CT molecular complexity index is 1340. The molecule has 2 amide bonds. The lowest BCUT2D eigenvalue weighted by Gasteiger charge is -2.17. The van der Waals surface area contributed by atoms with Gasteiger partial charge in [0.1, 0.15) is 17.3 Å². The molecule has 0 unspecified atom stereocenters. The van der Waals surface area contributed by atoms with Gasteiger partial charge in [-0.1, -0.05) is 48.5 Å². The van der Waals surface area contributed by atoms with E-state index in [0.29, 0.717) is 34.8 Å². The van der Waals surface area contributed by atoms with Crippen LogP contribution in [-0.2, 0) is 11.3 Å². The van der Waals surface area contributed by atoms with Crippen molar-refractivity contribution >= 4 is 17.5 Å². The number of methoxy groups -OCH3 is 1. The number of nitrogens with zero attached hydrogens (tertiary/aromatic N) is 3. The maximum absolute atomic E-state index is 13.4. The molecule has 178 valence electrons. The van der Waals surface area contributed by atoms with Crippen molar-refractivity contribution in [2.45, 2.75) is 6.54 Å². The van der Waals surface area contributed by atoms with Gasteiger partial charge in [0.2, 0.25) is 5.91 Å². The van der Waals surface area contributed by atoms with Gasteiger partial charge in [-0.25, -0.2) is 4.39 Å². The zero-order valence-corrected chi connectivity index (χ0v) is 19.4. The van der Waals surface area contributed by atoms with Crippen LogP contribution < -0.4 is 10.1 Å². The van der Waals surface area contributed by atoms with Gasteiger partial charge >= 0.3 is 0 Å². The van der Waals surface area contributed by atoms with Gasteiger partial charge in [0.15, 0.2) is 0 Å². The van der Waals surface area contributed by atoms with E-state index in [0.717, 1.165) is 5.56 Å². The van der Waals surface area contributed by atoms with Crippen molar-refractivity contribution in [3.63, 3.8) is 0 Å². The number of rotatable bonds is 8. The summed E-state index contributed by atoms with van der Waals surface area (Å²) >= 11 is 0. The molecule has 7 nitrogen and oxygen atoms in total. The Balaban J connectivity index is 1.60. The van der Waals surface area contributed by atoms with Crippen LogP contribution in [0, 0.1) is 5.82 Å². The summed E-state index contributed by atoms with van der Waals surface area (Å²) in [5, 5.41) is 7.30. The topological polar surface area (TPSA) is 76.5 Å². The molecular weight excluding hydrogens is 447 g/mol. The van der Waals surface area contributed by atoms with Gasteiger partial charge in [0.05, 0.1) is 25.8 Å². The van der Waals surface area contributed by atoms with E-state index in [1.807, 2.05) is 48.5 Å². The molecule has 0 radical (unpaired) electrons. The number of anilines is 1. The predicted molar refractivity (Wildman–Crippen MR) is 132 cm³/mol. The van der Waals surface area contributed by atoms with Crippen LogP contribution in [0.1, 0.15) is 15.9 Å². The zero-order valence-electron chi connectivity index (χ0n) is 19.4. The Morgan fingerprint density at radius 1 is 1.03 bits per heavy atom. The Labute approximate surface area is 202 Å². The molecule has 4 aromatic rings. The highest BCUT2D eigenvalue weighted by Crippen LogP contribution is 2.31. The van der Waals surface area contributed by atoms with Crippen LogP contribution in [0.25, 0.3) is 11.3 Å². The number of carbonyl (C=O) groups is 2. The maximum atomic E-state index is 13.4. The van der Waals surface area contributed by atoms with Crippen LogP contribution in [0.15, 0.2) is 85.1 Å². The van der Waals surface area contributed by atoms with E-state index in [9.17, 15) is 14.0 Å². The molecule has 0 atom stereocenters. The van der Waals surface area contributed by atoms with Crippen LogP contribution in [0.5, 0.6) is 5.75 Å². The number of halogens is 1. The van der Waals surface area contributed by atoms with Gasteiger partial charge < -0.3 is 15.0 Å². The predicted octanol–water partition coefficient (Wildman–Crippen LogP) is 4.46. The second-order valence-corrected chi connectivity index (χ2v) is 7.99. The molecule has 0 aliphatic heterocycles. The Hall–Kier alpha value is -4.46. The monoisotopic (exact) mass is 472 g/mol. The Morgan fingerprint density at radius 3 is 2.51 bits per heavy atom. The van der Waals surface area contributed by atoms with Gasteiger partial charge in [0, 0.05) is 24.5 Å². The van der Waals surface area contributed by atoms with Crippen molar-refractivity contribution in [3.8, 4) is 17.0 Å². The fraction of sp³-hybridized carbons (Fsp3) is 0.148. The minimum absolute atomic E-state index is 0.218. The standard InChI is InChI=1S/C27H25FN4O3/c1-31(18-25(33)29-21-12-8-11-20(28)15-21)27(34)23-17-32(16-19-9-4-3-5-10-19)30-26(23)22-13-6-7-14-24(22)35-2/h3-15,17H,16,18H2,1-2H3,(H,29,33). The summed E-state index contributed by atoms with van der Waals surface area (Å²) in [5.41, 5.74) is 2.82. The quantitative estimate of drug-likeness (QED) is 0.411. The zero-order chi connectivity index (χ0) is 24.8. The average Bonchev–Trinajstić information content (AvgIpc) is 3.27. The second-order valence-electron chi connectivity index (χ2n) is 7.99. The number of nitrogens with one attached hydrogen (secondary N) is 1. The minimum atomic E-state index is -0.459. The molecule has 1 N–H and O–H groups in total. The van der Waals surface area contributed by atoms with Crippen molar-refractivity contribution in [2.75, 3.05) is 26.0 Å². The fourth-order valence-corrected chi connectivity index (χ4v) is 3.73.